The van der Waals surface area contributed by atoms with Crippen molar-refractivity contribution in [2.24, 2.45) is 5.92 Å². The van der Waals surface area contributed by atoms with E-state index in [1.165, 1.54) is 18.3 Å². The summed E-state index contributed by atoms with van der Waals surface area (Å²) >= 11 is 0. The lowest BCUT2D eigenvalue weighted by Gasteiger charge is -2.16. The highest BCUT2D eigenvalue weighted by atomic mass is 19.4. The van der Waals surface area contributed by atoms with Gasteiger partial charge in [-0.1, -0.05) is 13.8 Å². The highest BCUT2D eigenvalue weighted by Gasteiger charge is 2.39. The molecule has 0 N–H and O–H groups in total. The Kier molecular flexibility index (Phi) is 5.88. The van der Waals surface area contributed by atoms with Crippen molar-refractivity contribution in [3.63, 3.8) is 0 Å². The first-order chi connectivity index (χ1) is 14.0. The topological polar surface area (TPSA) is 61.5 Å². The van der Waals surface area contributed by atoms with Gasteiger partial charge in [-0.15, -0.1) is 10.2 Å². The van der Waals surface area contributed by atoms with Crippen LogP contribution in [-0.2, 0) is 10.8 Å². The van der Waals surface area contributed by atoms with E-state index >= 15 is 0 Å². The Morgan fingerprint density at radius 3 is 2.43 bits per heavy atom. The van der Waals surface area contributed by atoms with E-state index in [0.717, 1.165) is 16.7 Å². The summed E-state index contributed by atoms with van der Waals surface area (Å²) in [5, 5.41) is 7.14. The van der Waals surface area contributed by atoms with E-state index in [4.69, 9.17) is 0 Å². The smallest absolute Gasteiger partial charge is 0.422 e. The summed E-state index contributed by atoms with van der Waals surface area (Å²) in [5.74, 6) is -2.86. The van der Waals surface area contributed by atoms with Crippen molar-refractivity contribution in [3.8, 4) is 17.0 Å². The quantitative estimate of drug-likeness (QED) is 0.509. The van der Waals surface area contributed by atoms with Crippen molar-refractivity contribution in [3.05, 3.63) is 42.2 Å². The van der Waals surface area contributed by atoms with Crippen LogP contribution in [0.1, 0.15) is 19.7 Å². The predicted molar refractivity (Wildman–Crippen MR) is 92.4 cm³/mol. The van der Waals surface area contributed by atoms with Gasteiger partial charge in [0.25, 0.3) is 5.88 Å². The minimum atomic E-state index is -4.65. The maximum absolute atomic E-state index is 14.4. The molecular formula is C18H16F6N4O2. The van der Waals surface area contributed by atoms with Gasteiger partial charge in [0.1, 0.15) is 0 Å². The molecule has 0 aliphatic rings. The number of hydrogen-bond acceptors (Lipinski definition) is 5. The Balaban J connectivity index is 1.91. The van der Waals surface area contributed by atoms with E-state index in [1.54, 1.807) is 13.8 Å². The lowest BCUT2D eigenvalue weighted by Crippen LogP contribution is -2.24. The molecule has 0 atom stereocenters. The van der Waals surface area contributed by atoms with Gasteiger partial charge in [0.05, 0.1) is 6.61 Å². The standard InChI is InChI=1S/C18H16F6N4O2/c1-10(2)8-30-18(23,24)16-27-26-14-4-3-11(7-28(14)16)12-5-13(19)15(25-6-12)29-9-17(20,21)22/h3-7,10H,8-9H2,1-2H3. The molecule has 0 amide bonds. The second-order valence-corrected chi connectivity index (χ2v) is 6.81. The number of nitrogens with zero attached hydrogens (tertiary/aromatic N) is 4. The van der Waals surface area contributed by atoms with Crippen molar-refractivity contribution in [2.75, 3.05) is 13.2 Å². The molecule has 0 saturated carbocycles. The summed E-state index contributed by atoms with van der Waals surface area (Å²) in [6.07, 6.45) is -6.08. The summed E-state index contributed by atoms with van der Waals surface area (Å²) in [5.41, 5.74) is 0.469. The van der Waals surface area contributed by atoms with Crippen molar-refractivity contribution in [2.45, 2.75) is 26.1 Å². The average Bonchev–Trinajstić information content (AvgIpc) is 3.09. The number of fused-ring (bicyclic) bond motifs is 1. The lowest BCUT2D eigenvalue weighted by molar-refractivity contribution is -0.258. The Hall–Kier alpha value is -2.89. The molecule has 30 heavy (non-hydrogen) atoms. The van der Waals surface area contributed by atoms with Crippen LogP contribution < -0.4 is 4.74 Å². The van der Waals surface area contributed by atoms with Gasteiger partial charge in [0, 0.05) is 23.5 Å². The van der Waals surface area contributed by atoms with Crippen LogP contribution in [-0.4, -0.2) is 39.0 Å². The Labute approximate surface area is 166 Å². The summed E-state index contributed by atoms with van der Waals surface area (Å²) < 4.78 is 89.4. The van der Waals surface area contributed by atoms with Crippen molar-refractivity contribution in [1.29, 1.82) is 0 Å². The molecule has 0 fully saturated rings. The van der Waals surface area contributed by atoms with Crippen LogP contribution >= 0.6 is 0 Å². The molecule has 3 aromatic heterocycles. The van der Waals surface area contributed by atoms with Crippen molar-refractivity contribution >= 4 is 5.65 Å². The molecule has 3 rings (SSSR count). The minimum absolute atomic E-state index is 0.0973. The molecule has 0 saturated heterocycles. The molecule has 0 aliphatic heterocycles. The molecule has 3 heterocycles. The average molecular weight is 434 g/mol. The van der Waals surface area contributed by atoms with Gasteiger partial charge in [-0.2, -0.15) is 22.0 Å². The molecule has 0 aliphatic carbocycles. The van der Waals surface area contributed by atoms with E-state index in [-0.39, 0.29) is 29.3 Å². The third-order valence-corrected chi connectivity index (χ3v) is 3.77. The zero-order valence-electron chi connectivity index (χ0n) is 15.8. The fourth-order valence-electron chi connectivity index (χ4n) is 2.44. The van der Waals surface area contributed by atoms with Crippen LogP contribution in [0.15, 0.2) is 30.6 Å². The predicted octanol–water partition coefficient (Wildman–Crippen LogP) is 4.59. The number of halogens is 6. The van der Waals surface area contributed by atoms with E-state index in [9.17, 15) is 26.3 Å². The Morgan fingerprint density at radius 1 is 1.07 bits per heavy atom. The molecule has 3 aromatic rings. The molecule has 162 valence electrons. The van der Waals surface area contributed by atoms with Gasteiger partial charge in [-0.3, -0.25) is 4.40 Å². The van der Waals surface area contributed by atoms with Gasteiger partial charge in [0.2, 0.25) is 5.82 Å². The van der Waals surface area contributed by atoms with Gasteiger partial charge in [-0.05, 0) is 24.1 Å². The summed E-state index contributed by atoms with van der Waals surface area (Å²) in [6, 6.07) is 3.71. The second-order valence-electron chi connectivity index (χ2n) is 6.81. The van der Waals surface area contributed by atoms with Crippen LogP contribution in [0.5, 0.6) is 5.88 Å². The summed E-state index contributed by atoms with van der Waals surface area (Å²) in [4.78, 5) is 3.53. The normalized spacial score (nSPS) is 12.7. The van der Waals surface area contributed by atoms with Gasteiger partial charge in [-0.25, -0.2) is 9.37 Å². The number of hydrogen-bond donors (Lipinski definition) is 0. The summed E-state index contributed by atoms with van der Waals surface area (Å²) in [6.45, 7) is 1.51. The van der Waals surface area contributed by atoms with Crippen LogP contribution in [0.25, 0.3) is 16.8 Å². The van der Waals surface area contributed by atoms with E-state index in [1.807, 2.05) is 0 Å². The lowest BCUT2D eigenvalue weighted by atomic mass is 10.1. The maximum Gasteiger partial charge on any atom is 0.422 e. The first-order valence-electron chi connectivity index (χ1n) is 8.69. The zero-order chi connectivity index (χ0) is 22.1. The number of pyridine rings is 2. The van der Waals surface area contributed by atoms with Crippen molar-refractivity contribution < 1.29 is 35.8 Å². The fourth-order valence-corrected chi connectivity index (χ4v) is 2.44. The number of alkyl halides is 5. The summed E-state index contributed by atoms with van der Waals surface area (Å²) in [7, 11) is 0. The van der Waals surface area contributed by atoms with Gasteiger partial charge in [0.15, 0.2) is 18.1 Å². The molecule has 0 bridgehead atoms. The van der Waals surface area contributed by atoms with Gasteiger partial charge < -0.3 is 9.47 Å². The largest absolute Gasteiger partial charge is 0.466 e. The highest BCUT2D eigenvalue weighted by molar-refractivity contribution is 5.64. The van der Waals surface area contributed by atoms with Crippen LogP contribution in [0, 0.1) is 11.7 Å². The Morgan fingerprint density at radius 2 is 1.80 bits per heavy atom. The number of rotatable bonds is 7. The Bertz CT molecular complexity index is 1040. The van der Waals surface area contributed by atoms with Crippen LogP contribution in [0.3, 0.4) is 0 Å². The second kappa shape index (κ2) is 8.09. The van der Waals surface area contributed by atoms with E-state index in [2.05, 4.69) is 24.7 Å². The molecule has 0 aromatic carbocycles. The molecule has 6 nitrogen and oxygen atoms in total. The highest BCUT2D eigenvalue weighted by Crippen LogP contribution is 2.31. The minimum Gasteiger partial charge on any atom is -0.466 e. The maximum atomic E-state index is 14.4. The van der Waals surface area contributed by atoms with E-state index < -0.39 is 36.4 Å². The SMILES string of the molecule is CC(C)COC(F)(F)c1nnc2ccc(-c3cnc(OCC(F)(F)F)c(F)c3)cn12. The first-order valence-corrected chi connectivity index (χ1v) is 8.69. The molecule has 0 spiro atoms. The molecule has 0 radical (unpaired) electrons. The molecule has 0 unspecified atom stereocenters. The van der Waals surface area contributed by atoms with E-state index in [0.29, 0.717) is 0 Å². The molecule has 12 heteroatoms. The third kappa shape index (κ3) is 4.99. The first kappa shape index (κ1) is 21.8. The number of ether oxygens (including phenoxy) is 2. The molecular weight excluding hydrogens is 418 g/mol. The zero-order valence-corrected chi connectivity index (χ0v) is 15.8. The van der Waals surface area contributed by atoms with Crippen molar-refractivity contribution in [1.82, 2.24) is 19.6 Å². The third-order valence-electron chi connectivity index (χ3n) is 3.77. The van der Waals surface area contributed by atoms with Crippen LogP contribution in [0.4, 0.5) is 26.3 Å². The fraction of sp³-hybridized carbons (Fsp3) is 0.389. The van der Waals surface area contributed by atoms with Gasteiger partial charge >= 0.3 is 12.3 Å². The number of aromatic nitrogens is 4. The monoisotopic (exact) mass is 434 g/mol. The van der Waals surface area contributed by atoms with Crippen LogP contribution in [0.2, 0.25) is 0 Å².